The van der Waals surface area contributed by atoms with E-state index in [-0.39, 0.29) is 12.0 Å². The van der Waals surface area contributed by atoms with E-state index < -0.39 is 5.97 Å². The molecule has 1 aliphatic rings. The van der Waals surface area contributed by atoms with Gasteiger partial charge in [0, 0.05) is 11.1 Å². The van der Waals surface area contributed by atoms with Crippen LogP contribution in [-0.4, -0.2) is 22.9 Å². The number of aryl methyl sites for hydroxylation is 2. The Morgan fingerprint density at radius 2 is 1.88 bits per heavy atom. The van der Waals surface area contributed by atoms with E-state index in [0.717, 1.165) is 48.3 Å². The Morgan fingerprint density at radius 1 is 1.12 bits per heavy atom. The van der Waals surface area contributed by atoms with Gasteiger partial charge in [0.2, 0.25) is 0 Å². The number of carbonyl (C=O) groups excluding carboxylic acids is 1. The van der Waals surface area contributed by atoms with Crippen molar-refractivity contribution in [2.75, 3.05) is 6.61 Å². The Kier molecular flexibility index (Phi) is 6.63. The summed E-state index contributed by atoms with van der Waals surface area (Å²) < 4.78 is 16.9. The molecule has 3 aromatic rings. The Balaban J connectivity index is 1.69. The molecule has 0 radical (unpaired) electrons. The third kappa shape index (κ3) is 4.56. The van der Waals surface area contributed by atoms with Gasteiger partial charge in [-0.25, -0.2) is 4.79 Å². The van der Waals surface area contributed by atoms with Crippen LogP contribution in [0.5, 0.6) is 0 Å². The van der Waals surface area contributed by atoms with Gasteiger partial charge in [0.05, 0.1) is 11.1 Å². The second-order valence-corrected chi connectivity index (χ2v) is 8.54. The molecule has 0 amide bonds. The first-order valence-corrected chi connectivity index (χ1v) is 11.5. The zero-order valence-electron chi connectivity index (χ0n) is 19.7. The number of ether oxygens (including phenoxy) is 1. The summed E-state index contributed by atoms with van der Waals surface area (Å²) in [4.78, 5) is 12.7. The first-order chi connectivity index (χ1) is 16.0. The van der Waals surface area contributed by atoms with Gasteiger partial charge in [-0.1, -0.05) is 65.8 Å². The number of benzene rings is 1. The largest absolute Gasteiger partial charge is 0.461 e. The highest BCUT2D eigenvalue weighted by atomic mass is 16.5. The van der Waals surface area contributed by atoms with Crippen LogP contribution in [0.4, 0.5) is 0 Å². The lowest BCUT2D eigenvalue weighted by atomic mass is 9.90. The number of esters is 1. The molecule has 2 aromatic heterocycles. The predicted octanol–water partition coefficient (Wildman–Crippen LogP) is 6.59. The number of aromatic nitrogens is 2. The fourth-order valence-electron chi connectivity index (χ4n) is 4.15. The van der Waals surface area contributed by atoms with Crippen LogP contribution in [0.2, 0.25) is 0 Å². The molecule has 0 atom stereocenters. The molecular formula is C27H30N2O4. The number of hydrogen-bond acceptors (Lipinski definition) is 6. The van der Waals surface area contributed by atoms with E-state index in [1.807, 2.05) is 43.3 Å². The molecule has 0 bridgehead atoms. The highest BCUT2D eigenvalue weighted by Gasteiger charge is 2.51. The first kappa shape index (κ1) is 22.8. The Hall–Kier alpha value is -3.41. The molecule has 0 aliphatic heterocycles. The monoisotopic (exact) mass is 446 g/mol. The number of nitrogens with zero attached hydrogens (tertiary/aromatic N) is 2. The lowest BCUT2D eigenvalue weighted by Gasteiger charge is -2.16. The number of allylic oxidation sites excluding steroid dienone is 4. The van der Waals surface area contributed by atoms with E-state index in [4.69, 9.17) is 13.8 Å². The van der Waals surface area contributed by atoms with Crippen LogP contribution in [0.3, 0.4) is 0 Å². The van der Waals surface area contributed by atoms with E-state index in [2.05, 4.69) is 29.4 Å². The molecule has 0 saturated heterocycles. The van der Waals surface area contributed by atoms with E-state index in [9.17, 15) is 4.79 Å². The summed E-state index contributed by atoms with van der Waals surface area (Å²) in [5, 5.41) is 8.35. The summed E-state index contributed by atoms with van der Waals surface area (Å²) >= 11 is 0. The fraction of sp³-hybridized carbons (Fsp3) is 0.370. The molecule has 172 valence electrons. The number of carbonyl (C=O) groups is 1. The zero-order chi connectivity index (χ0) is 23.4. The van der Waals surface area contributed by atoms with Crippen LogP contribution < -0.4 is 0 Å². The third-order valence-corrected chi connectivity index (χ3v) is 6.23. The molecule has 0 spiro atoms. The van der Waals surface area contributed by atoms with Gasteiger partial charge in [0.25, 0.3) is 0 Å². The Bertz CT molecular complexity index is 1160. The van der Waals surface area contributed by atoms with Crippen LogP contribution in [0.1, 0.15) is 72.7 Å². The minimum atomic E-state index is -0.416. The maximum absolute atomic E-state index is 12.7. The second-order valence-electron chi connectivity index (χ2n) is 8.54. The quantitative estimate of drug-likeness (QED) is 0.272. The van der Waals surface area contributed by atoms with Gasteiger partial charge in [-0.2, -0.15) is 0 Å². The molecule has 1 aliphatic carbocycles. The van der Waals surface area contributed by atoms with E-state index in [1.54, 1.807) is 13.8 Å². The van der Waals surface area contributed by atoms with Gasteiger partial charge >= 0.3 is 5.97 Å². The van der Waals surface area contributed by atoms with Crippen LogP contribution in [-0.2, 0) is 10.2 Å². The van der Waals surface area contributed by atoms with Crippen molar-refractivity contribution in [3.8, 4) is 11.3 Å². The molecular weight excluding hydrogens is 416 g/mol. The molecule has 33 heavy (non-hydrogen) atoms. The number of rotatable bonds is 9. The number of hydrogen-bond donors (Lipinski definition) is 0. The van der Waals surface area contributed by atoms with Gasteiger partial charge in [-0.15, -0.1) is 0 Å². The second kappa shape index (κ2) is 9.61. The molecule has 2 heterocycles. The summed E-state index contributed by atoms with van der Waals surface area (Å²) in [6, 6.07) is 10.1. The summed E-state index contributed by atoms with van der Waals surface area (Å²) in [6.45, 7) is 7.85. The third-order valence-electron chi connectivity index (χ3n) is 6.23. The average Bonchev–Trinajstić information content (AvgIpc) is 3.36. The topological polar surface area (TPSA) is 78.4 Å². The van der Waals surface area contributed by atoms with Crippen molar-refractivity contribution >= 4 is 11.5 Å². The predicted molar refractivity (Wildman–Crippen MR) is 127 cm³/mol. The lowest BCUT2D eigenvalue weighted by Crippen LogP contribution is -2.20. The normalized spacial score (nSPS) is 15.2. The smallest absolute Gasteiger partial charge is 0.343 e. The summed E-state index contributed by atoms with van der Waals surface area (Å²) in [6.07, 6.45) is 9.85. The highest BCUT2D eigenvalue weighted by molar-refractivity contribution is 5.91. The van der Waals surface area contributed by atoms with E-state index in [1.165, 1.54) is 5.57 Å². The maximum Gasteiger partial charge on any atom is 0.343 e. The molecule has 1 aromatic carbocycles. The van der Waals surface area contributed by atoms with Gasteiger partial charge in [-0.3, -0.25) is 0 Å². The van der Waals surface area contributed by atoms with Gasteiger partial charge in [-0.05, 0) is 52.0 Å². The van der Waals surface area contributed by atoms with Crippen LogP contribution in [0.15, 0.2) is 57.6 Å². The SMILES string of the molecule is C/C=C\C/C=C(\CC)c1c(-c2ccccc2)noc1C1(COC(=O)c2c(C)noc2C)CC1. The lowest BCUT2D eigenvalue weighted by molar-refractivity contribution is 0.0449. The van der Waals surface area contributed by atoms with Crippen molar-refractivity contribution in [3.05, 3.63) is 76.9 Å². The minimum absolute atomic E-state index is 0.234. The summed E-state index contributed by atoms with van der Waals surface area (Å²) in [7, 11) is 0. The zero-order valence-corrected chi connectivity index (χ0v) is 19.7. The van der Waals surface area contributed by atoms with E-state index >= 15 is 0 Å². The van der Waals surface area contributed by atoms with Gasteiger partial charge in [0.15, 0.2) is 5.76 Å². The van der Waals surface area contributed by atoms with Crippen molar-refractivity contribution in [2.24, 2.45) is 0 Å². The molecule has 0 unspecified atom stereocenters. The van der Waals surface area contributed by atoms with Crippen molar-refractivity contribution in [1.82, 2.24) is 10.3 Å². The summed E-state index contributed by atoms with van der Waals surface area (Å²) in [5.41, 5.74) is 4.63. The first-order valence-electron chi connectivity index (χ1n) is 11.5. The molecule has 6 nitrogen and oxygen atoms in total. The van der Waals surface area contributed by atoms with E-state index in [0.29, 0.717) is 17.0 Å². The molecule has 6 heteroatoms. The van der Waals surface area contributed by atoms with Crippen molar-refractivity contribution < 1.29 is 18.6 Å². The Labute approximate surface area is 194 Å². The minimum Gasteiger partial charge on any atom is -0.461 e. The van der Waals surface area contributed by atoms with Crippen molar-refractivity contribution in [2.45, 2.75) is 58.8 Å². The molecule has 0 N–H and O–H groups in total. The van der Waals surface area contributed by atoms with Crippen molar-refractivity contribution in [1.29, 1.82) is 0 Å². The molecule has 4 rings (SSSR count). The van der Waals surface area contributed by atoms with Crippen LogP contribution in [0, 0.1) is 13.8 Å². The Morgan fingerprint density at radius 3 is 2.48 bits per heavy atom. The van der Waals surface area contributed by atoms with Crippen molar-refractivity contribution in [3.63, 3.8) is 0 Å². The van der Waals surface area contributed by atoms with Crippen LogP contribution in [0.25, 0.3) is 16.8 Å². The van der Waals surface area contributed by atoms with Gasteiger partial charge in [0.1, 0.15) is 23.6 Å². The highest BCUT2D eigenvalue weighted by Crippen LogP contribution is 2.52. The summed E-state index contributed by atoms with van der Waals surface area (Å²) in [5.74, 6) is 0.858. The average molecular weight is 447 g/mol. The molecule has 1 saturated carbocycles. The van der Waals surface area contributed by atoms with Gasteiger partial charge < -0.3 is 13.8 Å². The standard InChI is InChI=1S/C27H30N2O4/c1-5-7-9-12-20(6-2)23-24(21-13-10-8-11-14-21)29-33-25(23)27(15-16-27)17-31-26(30)22-18(3)28-32-19(22)4/h5,7-8,10-14H,6,9,15-17H2,1-4H3/b7-5-,20-12+. The van der Waals surface area contributed by atoms with Crippen LogP contribution >= 0.6 is 0 Å². The molecule has 1 fully saturated rings. The maximum atomic E-state index is 12.7. The fourth-order valence-corrected chi connectivity index (χ4v) is 4.15.